The Morgan fingerprint density at radius 3 is 2.30 bits per heavy atom. The van der Waals surface area contributed by atoms with Gasteiger partial charge in [-0.15, -0.1) is 11.3 Å². The van der Waals surface area contributed by atoms with Gasteiger partial charge < -0.3 is 25.3 Å². The number of amides is 4. The van der Waals surface area contributed by atoms with E-state index in [0.717, 1.165) is 11.1 Å². The largest absolute Gasteiger partial charge is 0.443 e. The summed E-state index contributed by atoms with van der Waals surface area (Å²) >= 11 is 1.28. The summed E-state index contributed by atoms with van der Waals surface area (Å²) in [5.74, 6) is -1.34. The van der Waals surface area contributed by atoms with Gasteiger partial charge in [-0.1, -0.05) is 70.2 Å². The van der Waals surface area contributed by atoms with E-state index in [9.17, 15) is 19.2 Å². The maximum absolute atomic E-state index is 14.0. The van der Waals surface area contributed by atoms with E-state index in [1.807, 2.05) is 70.2 Å². The number of carbonyl (C=O) groups is 4. The highest BCUT2D eigenvalue weighted by Gasteiger charge is 2.31. The molecule has 2 aromatic carbocycles. The fourth-order valence-electron chi connectivity index (χ4n) is 5.46. The standard InChI is InChI=1S/C35H40N6O5S/c1-19(2)28-33-40-30(22(6)46-33)32(44)36-21(5)16-41(35(45)25-14-10-13-24(15-25)23-11-8-7-9-12-23)17-27(42)38-29(20(3)4)34-37-26(18-47-34)31(43)39-28/h7-15,18-21,28-29H,16-17H2,1-6H3,(H,36,44)(H,38,42)(H,39,43)/t21-,28-,29+/m1/s1. The smallest absolute Gasteiger partial charge is 0.273 e. The Kier molecular flexibility index (Phi) is 10.2. The van der Waals surface area contributed by atoms with E-state index in [1.54, 1.807) is 31.4 Å². The highest BCUT2D eigenvalue weighted by atomic mass is 32.1. The predicted octanol–water partition coefficient (Wildman–Crippen LogP) is 5.32. The second-order valence-corrected chi connectivity index (χ2v) is 13.4. The lowest BCUT2D eigenvalue weighted by molar-refractivity contribution is -0.122. The highest BCUT2D eigenvalue weighted by Crippen LogP contribution is 2.28. The zero-order valence-electron chi connectivity index (χ0n) is 27.4. The van der Waals surface area contributed by atoms with E-state index in [1.165, 1.54) is 16.2 Å². The molecule has 0 saturated carbocycles. The van der Waals surface area contributed by atoms with Gasteiger partial charge in [-0.3, -0.25) is 19.2 Å². The monoisotopic (exact) mass is 656 g/mol. The molecule has 0 saturated heterocycles. The number of nitrogens with one attached hydrogen (secondary N) is 3. The summed E-state index contributed by atoms with van der Waals surface area (Å²) < 4.78 is 5.90. The quantitative estimate of drug-likeness (QED) is 0.269. The van der Waals surface area contributed by atoms with Gasteiger partial charge in [0.25, 0.3) is 17.7 Å². The molecule has 5 rings (SSSR count). The van der Waals surface area contributed by atoms with Crippen molar-refractivity contribution >= 4 is 35.0 Å². The van der Waals surface area contributed by atoms with Crippen molar-refractivity contribution in [3.05, 3.63) is 93.6 Å². The number of oxazole rings is 1. The van der Waals surface area contributed by atoms with E-state index < -0.39 is 35.8 Å². The molecule has 2 aromatic heterocycles. The predicted molar refractivity (Wildman–Crippen MR) is 179 cm³/mol. The van der Waals surface area contributed by atoms with Crippen LogP contribution >= 0.6 is 11.3 Å². The molecule has 246 valence electrons. The molecule has 0 radical (unpaired) electrons. The normalized spacial score (nSPS) is 19.5. The van der Waals surface area contributed by atoms with Crippen molar-refractivity contribution in [2.24, 2.45) is 11.8 Å². The summed E-state index contributed by atoms with van der Waals surface area (Å²) in [6, 6.07) is 15.3. The lowest BCUT2D eigenvalue weighted by Gasteiger charge is -2.28. The van der Waals surface area contributed by atoms with E-state index in [-0.39, 0.29) is 48.1 Å². The Morgan fingerprint density at radius 1 is 0.894 bits per heavy atom. The van der Waals surface area contributed by atoms with Crippen molar-refractivity contribution in [3.8, 4) is 11.1 Å². The molecule has 1 aliphatic heterocycles. The molecule has 4 amide bonds. The maximum Gasteiger partial charge on any atom is 0.273 e. The lowest BCUT2D eigenvalue weighted by atomic mass is 10.0. The van der Waals surface area contributed by atoms with Gasteiger partial charge in [-0.05, 0) is 48.9 Å². The molecular weight excluding hydrogens is 616 g/mol. The Labute approximate surface area is 278 Å². The molecule has 0 fully saturated rings. The Hall–Kier alpha value is -4.84. The third-order valence-corrected chi connectivity index (χ3v) is 8.89. The van der Waals surface area contributed by atoms with Crippen LogP contribution in [-0.2, 0) is 4.79 Å². The topological polar surface area (TPSA) is 147 Å². The van der Waals surface area contributed by atoms with E-state index in [0.29, 0.717) is 16.3 Å². The van der Waals surface area contributed by atoms with Crippen LogP contribution in [0.4, 0.5) is 0 Å². The number of fused-ring (bicyclic) bond motifs is 4. The van der Waals surface area contributed by atoms with Gasteiger partial charge in [0.1, 0.15) is 22.5 Å². The molecule has 11 nitrogen and oxygen atoms in total. The van der Waals surface area contributed by atoms with Crippen LogP contribution in [0.2, 0.25) is 0 Å². The molecule has 0 aliphatic carbocycles. The number of carbonyl (C=O) groups excluding carboxylic acids is 4. The molecule has 3 N–H and O–H groups in total. The Balaban J connectivity index is 1.51. The van der Waals surface area contributed by atoms with Crippen molar-refractivity contribution in [2.75, 3.05) is 13.1 Å². The van der Waals surface area contributed by atoms with Crippen LogP contribution < -0.4 is 16.0 Å². The minimum atomic E-state index is -0.621. The van der Waals surface area contributed by atoms with Crippen molar-refractivity contribution < 1.29 is 23.6 Å². The van der Waals surface area contributed by atoms with Crippen LogP contribution in [0.3, 0.4) is 0 Å². The van der Waals surface area contributed by atoms with Crippen molar-refractivity contribution in [1.82, 2.24) is 30.8 Å². The van der Waals surface area contributed by atoms with E-state index in [4.69, 9.17) is 4.42 Å². The number of hydrogen-bond acceptors (Lipinski definition) is 8. The highest BCUT2D eigenvalue weighted by molar-refractivity contribution is 7.09. The minimum absolute atomic E-state index is 0.0513. The average Bonchev–Trinajstić information content (AvgIpc) is 3.68. The van der Waals surface area contributed by atoms with Crippen LogP contribution in [0.1, 0.15) is 94.7 Å². The molecule has 3 atom stereocenters. The fourth-order valence-corrected chi connectivity index (χ4v) is 6.48. The molecule has 0 unspecified atom stereocenters. The second-order valence-electron chi connectivity index (χ2n) is 12.5. The molecule has 3 heterocycles. The van der Waals surface area contributed by atoms with E-state index >= 15 is 0 Å². The van der Waals surface area contributed by atoms with Gasteiger partial charge in [-0.25, -0.2) is 9.97 Å². The summed E-state index contributed by atoms with van der Waals surface area (Å²) in [6.45, 7) is 10.9. The number of aryl methyl sites for hydroxylation is 1. The van der Waals surface area contributed by atoms with Crippen LogP contribution in [0.25, 0.3) is 11.1 Å². The van der Waals surface area contributed by atoms with Gasteiger partial charge >= 0.3 is 0 Å². The van der Waals surface area contributed by atoms with Gasteiger partial charge in [-0.2, -0.15) is 0 Å². The van der Waals surface area contributed by atoms with Gasteiger partial charge in [0, 0.05) is 23.5 Å². The van der Waals surface area contributed by atoms with Crippen molar-refractivity contribution in [1.29, 1.82) is 0 Å². The second kappa shape index (κ2) is 14.3. The Morgan fingerprint density at radius 2 is 1.60 bits per heavy atom. The summed E-state index contributed by atoms with van der Waals surface area (Å²) in [5.41, 5.74) is 2.51. The van der Waals surface area contributed by atoms with Crippen LogP contribution in [0, 0.1) is 18.8 Å². The van der Waals surface area contributed by atoms with Crippen LogP contribution in [0.15, 0.2) is 64.4 Å². The SMILES string of the molecule is Cc1oc2nc1C(=O)N[C@H](C)CN(C(=O)c1cccc(-c3ccccc3)c1)CC(=O)N[C@@H](C(C)C)c1nc(cs1)C(=O)N[C@@H]2C(C)C. The molecule has 4 aromatic rings. The number of benzene rings is 2. The number of aromatic nitrogens is 2. The summed E-state index contributed by atoms with van der Waals surface area (Å²) in [6.07, 6.45) is 0. The maximum atomic E-state index is 14.0. The molecular formula is C35H40N6O5S. The molecule has 1 aliphatic rings. The lowest BCUT2D eigenvalue weighted by Crippen LogP contribution is -2.48. The first kappa shape index (κ1) is 33.5. The minimum Gasteiger partial charge on any atom is -0.443 e. The molecule has 47 heavy (non-hydrogen) atoms. The number of hydrogen-bond donors (Lipinski definition) is 3. The van der Waals surface area contributed by atoms with Crippen molar-refractivity contribution in [3.63, 3.8) is 0 Å². The summed E-state index contributed by atoms with van der Waals surface area (Å²) in [5, 5.41) is 11.1. The Bertz CT molecular complexity index is 1760. The van der Waals surface area contributed by atoms with Crippen LogP contribution in [-0.4, -0.2) is 57.6 Å². The fraction of sp³-hybridized carbons (Fsp3) is 0.371. The third-order valence-electron chi connectivity index (χ3n) is 7.96. The van der Waals surface area contributed by atoms with Gasteiger partial charge in [0.05, 0.1) is 12.6 Å². The zero-order chi connectivity index (χ0) is 33.8. The number of rotatable bonds is 4. The molecule has 12 heteroatoms. The van der Waals surface area contributed by atoms with E-state index in [2.05, 4.69) is 25.9 Å². The third kappa shape index (κ3) is 7.76. The zero-order valence-corrected chi connectivity index (χ0v) is 28.2. The average molecular weight is 657 g/mol. The molecule has 4 bridgehead atoms. The first-order valence-electron chi connectivity index (χ1n) is 15.7. The first-order chi connectivity index (χ1) is 22.4. The summed E-state index contributed by atoms with van der Waals surface area (Å²) in [7, 11) is 0. The summed E-state index contributed by atoms with van der Waals surface area (Å²) in [4.78, 5) is 64.9. The van der Waals surface area contributed by atoms with Gasteiger partial charge in [0.15, 0.2) is 5.69 Å². The van der Waals surface area contributed by atoms with Gasteiger partial charge in [0.2, 0.25) is 11.8 Å². The number of nitrogens with zero attached hydrogens (tertiary/aromatic N) is 3. The first-order valence-corrected chi connectivity index (χ1v) is 16.6. The molecule has 0 spiro atoms. The number of thiazole rings is 1. The van der Waals surface area contributed by atoms with Crippen molar-refractivity contribution in [2.45, 2.75) is 59.7 Å². The van der Waals surface area contributed by atoms with Crippen LogP contribution in [0.5, 0.6) is 0 Å².